The maximum atomic E-state index is 13.8. The predicted molar refractivity (Wildman–Crippen MR) is 125 cm³/mol. The van der Waals surface area contributed by atoms with Gasteiger partial charge in [-0.25, -0.2) is 14.1 Å². The van der Waals surface area contributed by atoms with Gasteiger partial charge in [-0.05, 0) is 67.1 Å². The molecule has 0 unspecified atom stereocenters. The molecule has 1 aliphatic rings. The van der Waals surface area contributed by atoms with Crippen LogP contribution in [0.2, 0.25) is 0 Å². The second-order valence-corrected chi connectivity index (χ2v) is 8.82. The standard InChI is InChI=1S/C24H20FN5O2S/c1-14-7-10-17(26-23(31)15-8-9-15)13-19(14)27-24(32)21-28-22(20-6-3-11-33-20)30(29-21)18-5-2-4-16(25)12-18/h2-7,10-13,15H,8-9H2,1H3,(H,26,31)(H,27,32). The Morgan fingerprint density at radius 3 is 2.67 bits per heavy atom. The van der Waals surface area contributed by atoms with Crippen LogP contribution >= 0.6 is 11.3 Å². The second kappa shape index (κ2) is 8.59. The summed E-state index contributed by atoms with van der Waals surface area (Å²) >= 11 is 1.45. The highest BCUT2D eigenvalue weighted by atomic mass is 32.1. The molecule has 0 radical (unpaired) electrons. The van der Waals surface area contributed by atoms with Gasteiger partial charge in [-0.1, -0.05) is 18.2 Å². The number of halogens is 1. The molecule has 1 aliphatic carbocycles. The van der Waals surface area contributed by atoms with Crippen molar-refractivity contribution >= 4 is 34.5 Å². The van der Waals surface area contributed by atoms with Crippen molar-refractivity contribution in [1.29, 1.82) is 0 Å². The molecule has 2 aromatic carbocycles. The summed E-state index contributed by atoms with van der Waals surface area (Å²) in [5, 5.41) is 12.0. The third kappa shape index (κ3) is 4.54. The lowest BCUT2D eigenvalue weighted by atomic mass is 10.1. The number of anilines is 2. The molecule has 2 N–H and O–H groups in total. The Kier molecular flexibility index (Phi) is 5.47. The van der Waals surface area contributed by atoms with Crippen LogP contribution in [0.25, 0.3) is 16.4 Å². The fourth-order valence-corrected chi connectivity index (χ4v) is 4.06. The Hall–Kier alpha value is -3.85. The summed E-state index contributed by atoms with van der Waals surface area (Å²) in [5.41, 5.74) is 2.46. The van der Waals surface area contributed by atoms with Gasteiger partial charge in [0.15, 0.2) is 5.82 Å². The van der Waals surface area contributed by atoms with E-state index in [1.807, 2.05) is 30.5 Å². The molecule has 0 saturated heterocycles. The summed E-state index contributed by atoms with van der Waals surface area (Å²) in [4.78, 5) is 30.4. The maximum absolute atomic E-state index is 13.8. The number of aromatic nitrogens is 3. The van der Waals surface area contributed by atoms with E-state index in [-0.39, 0.29) is 17.6 Å². The average Bonchev–Trinajstić information content (AvgIpc) is 3.32. The number of carbonyl (C=O) groups excluding carboxylic acids is 2. The number of carbonyl (C=O) groups is 2. The number of nitrogens with one attached hydrogen (secondary N) is 2. The lowest BCUT2D eigenvalue weighted by Gasteiger charge is -2.10. The molecule has 1 fully saturated rings. The highest BCUT2D eigenvalue weighted by Gasteiger charge is 2.29. The highest BCUT2D eigenvalue weighted by molar-refractivity contribution is 7.13. The van der Waals surface area contributed by atoms with Gasteiger partial charge in [0.1, 0.15) is 5.82 Å². The van der Waals surface area contributed by atoms with Crippen molar-refractivity contribution < 1.29 is 14.0 Å². The summed E-state index contributed by atoms with van der Waals surface area (Å²) in [6.45, 7) is 1.86. The third-order valence-corrected chi connectivity index (χ3v) is 6.17. The van der Waals surface area contributed by atoms with Crippen LogP contribution in [0.15, 0.2) is 60.0 Å². The number of hydrogen-bond acceptors (Lipinski definition) is 5. The normalized spacial score (nSPS) is 13.0. The number of aryl methyl sites for hydroxylation is 1. The third-order valence-electron chi connectivity index (χ3n) is 5.31. The molecule has 2 heterocycles. The minimum Gasteiger partial charge on any atom is -0.326 e. The number of benzene rings is 2. The van der Waals surface area contributed by atoms with E-state index in [1.54, 1.807) is 24.3 Å². The van der Waals surface area contributed by atoms with Gasteiger partial charge in [0.25, 0.3) is 5.91 Å². The predicted octanol–water partition coefficient (Wildman–Crippen LogP) is 5.04. The summed E-state index contributed by atoms with van der Waals surface area (Å²) in [6, 6.07) is 15.0. The molecular formula is C24H20FN5O2S. The van der Waals surface area contributed by atoms with Crippen molar-refractivity contribution in [3.63, 3.8) is 0 Å². The summed E-state index contributed by atoms with van der Waals surface area (Å²) < 4.78 is 15.3. The van der Waals surface area contributed by atoms with Gasteiger partial charge in [-0.15, -0.1) is 16.4 Å². The molecule has 166 valence electrons. The smallest absolute Gasteiger partial charge is 0.295 e. The zero-order valence-electron chi connectivity index (χ0n) is 17.7. The number of amides is 2. The van der Waals surface area contributed by atoms with Gasteiger partial charge in [-0.2, -0.15) is 0 Å². The van der Waals surface area contributed by atoms with Crippen molar-refractivity contribution in [1.82, 2.24) is 14.8 Å². The van der Waals surface area contributed by atoms with Crippen LogP contribution in [0.3, 0.4) is 0 Å². The lowest BCUT2D eigenvalue weighted by molar-refractivity contribution is -0.117. The van der Waals surface area contributed by atoms with Crippen LogP contribution in [0.5, 0.6) is 0 Å². The fourth-order valence-electron chi connectivity index (χ4n) is 3.36. The number of hydrogen-bond donors (Lipinski definition) is 2. The Bertz CT molecular complexity index is 1340. The zero-order valence-corrected chi connectivity index (χ0v) is 18.5. The van der Waals surface area contributed by atoms with Crippen molar-refractivity contribution in [3.05, 3.63) is 77.2 Å². The number of thiophene rings is 1. The molecule has 1 saturated carbocycles. The minimum atomic E-state index is -0.503. The van der Waals surface area contributed by atoms with E-state index in [0.717, 1.165) is 23.3 Å². The van der Waals surface area contributed by atoms with E-state index < -0.39 is 11.7 Å². The topological polar surface area (TPSA) is 88.9 Å². The van der Waals surface area contributed by atoms with Gasteiger partial charge >= 0.3 is 0 Å². The first-order chi connectivity index (χ1) is 16.0. The van der Waals surface area contributed by atoms with E-state index >= 15 is 0 Å². The van der Waals surface area contributed by atoms with Gasteiger partial charge in [0.05, 0.1) is 10.6 Å². The minimum absolute atomic E-state index is 0.00720. The number of rotatable bonds is 6. The van der Waals surface area contributed by atoms with Crippen LogP contribution in [0.1, 0.15) is 29.0 Å². The molecule has 9 heteroatoms. The fraction of sp³-hybridized carbons (Fsp3) is 0.167. The van der Waals surface area contributed by atoms with E-state index in [0.29, 0.717) is 22.9 Å². The Balaban J connectivity index is 1.44. The molecule has 4 aromatic rings. The van der Waals surface area contributed by atoms with Gasteiger partial charge < -0.3 is 10.6 Å². The van der Waals surface area contributed by atoms with Gasteiger partial charge in [-0.3, -0.25) is 9.59 Å². The molecule has 2 amide bonds. The van der Waals surface area contributed by atoms with Crippen LogP contribution < -0.4 is 10.6 Å². The van der Waals surface area contributed by atoms with Crippen LogP contribution in [-0.2, 0) is 4.79 Å². The first kappa shape index (κ1) is 21.0. The Morgan fingerprint density at radius 1 is 1.09 bits per heavy atom. The maximum Gasteiger partial charge on any atom is 0.295 e. The van der Waals surface area contributed by atoms with Gasteiger partial charge in [0.2, 0.25) is 11.7 Å². The monoisotopic (exact) mass is 461 g/mol. The highest BCUT2D eigenvalue weighted by Crippen LogP contribution is 2.31. The van der Waals surface area contributed by atoms with Crippen molar-refractivity contribution in [2.75, 3.05) is 10.6 Å². The molecule has 0 aliphatic heterocycles. The Morgan fingerprint density at radius 2 is 1.94 bits per heavy atom. The number of nitrogens with zero attached hydrogens (tertiary/aromatic N) is 3. The van der Waals surface area contributed by atoms with Crippen LogP contribution in [0, 0.1) is 18.7 Å². The van der Waals surface area contributed by atoms with Crippen molar-refractivity contribution in [3.8, 4) is 16.4 Å². The quantitative estimate of drug-likeness (QED) is 0.421. The molecule has 0 atom stereocenters. The van der Waals surface area contributed by atoms with Crippen LogP contribution in [-0.4, -0.2) is 26.6 Å². The van der Waals surface area contributed by atoms with Gasteiger partial charge in [0, 0.05) is 17.3 Å². The average molecular weight is 462 g/mol. The molecule has 0 spiro atoms. The molecule has 5 rings (SSSR count). The molecule has 0 bridgehead atoms. The molecular weight excluding hydrogens is 441 g/mol. The second-order valence-electron chi connectivity index (χ2n) is 7.88. The van der Waals surface area contributed by atoms with Crippen molar-refractivity contribution in [2.24, 2.45) is 5.92 Å². The molecule has 7 nitrogen and oxygen atoms in total. The zero-order chi connectivity index (χ0) is 22.9. The van der Waals surface area contributed by atoms with E-state index in [9.17, 15) is 14.0 Å². The largest absolute Gasteiger partial charge is 0.326 e. The SMILES string of the molecule is Cc1ccc(NC(=O)C2CC2)cc1NC(=O)c1nc(-c2cccs2)n(-c2cccc(F)c2)n1. The molecule has 2 aromatic heterocycles. The van der Waals surface area contributed by atoms with E-state index in [2.05, 4.69) is 20.7 Å². The molecule has 33 heavy (non-hydrogen) atoms. The van der Waals surface area contributed by atoms with E-state index in [4.69, 9.17) is 0 Å². The first-order valence-electron chi connectivity index (χ1n) is 10.5. The van der Waals surface area contributed by atoms with Crippen LogP contribution in [0.4, 0.5) is 15.8 Å². The van der Waals surface area contributed by atoms with Crippen molar-refractivity contribution in [2.45, 2.75) is 19.8 Å². The summed E-state index contributed by atoms with van der Waals surface area (Å²) in [7, 11) is 0. The first-order valence-corrected chi connectivity index (χ1v) is 11.4. The summed E-state index contributed by atoms with van der Waals surface area (Å²) in [6.07, 6.45) is 1.82. The lowest BCUT2D eigenvalue weighted by Crippen LogP contribution is -2.16. The summed E-state index contributed by atoms with van der Waals surface area (Å²) in [5.74, 6) is -0.441. The van der Waals surface area contributed by atoms with E-state index in [1.165, 1.54) is 28.2 Å². The Labute approximate surface area is 193 Å².